The van der Waals surface area contributed by atoms with E-state index in [2.05, 4.69) is 0 Å². The number of rotatable bonds is 1. The Morgan fingerprint density at radius 2 is 0.625 bits per heavy atom. The van der Waals surface area contributed by atoms with Crippen molar-refractivity contribution in [2.45, 2.75) is 57.8 Å². The maximum atomic E-state index is 13.5. The maximum absolute atomic E-state index is 13.5. The molecule has 0 radical (unpaired) electrons. The van der Waals surface area contributed by atoms with Gasteiger partial charge in [-0.15, -0.1) is 0 Å². The summed E-state index contributed by atoms with van der Waals surface area (Å²) in [6.07, 6.45) is -37.4. The lowest BCUT2D eigenvalue weighted by Gasteiger charge is -2.35. The predicted molar refractivity (Wildman–Crippen MR) is 75.9 cm³/mol. The molecular weight excluding hydrogens is 493 g/mol. The molecule has 16 heteroatoms. The number of benzene rings is 1. The van der Waals surface area contributed by atoms with E-state index in [4.69, 9.17) is 0 Å². The van der Waals surface area contributed by atoms with Crippen molar-refractivity contribution >= 4 is 0 Å². The molecule has 1 aromatic rings. The van der Waals surface area contributed by atoms with Gasteiger partial charge in [0.05, 0.1) is 33.9 Å². The zero-order valence-electron chi connectivity index (χ0n) is 15.7. The molecule has 1 aromatic carbocycles. The SMILES string of the molecule is CC(C)(C)C(O)c1c(C(F)(F)F)c(C(F)(F)F)c(C(F)(F)F)c(C(F)(F)F)c1C(F)(F)F. The van der Waals surface area contributed by atoms with Crippen LogP contribution >= 0.6 is 0 Å². The van der Waals surface area contributed by atoms with Gasteiger partial charge in [-0.2, -0.15) is 65.9 Å². The first-order valence-corrected chi connectivity index (χ1v) is 7.92. The summed E-state index contributed by atoms with van der Waals surface area (Å²) in [7, 11) is 0. The third kappa shape index (κ3) is 5.36. The molecule has 0 spiro atoms. The van der Waals surface area contributed by atoms with Crippen LogP contribution in [0, 0.1) is 5.41 Å². The second-order valence-corrected chi connectivity index (χ2v) is 7.55. The van der Waals surface area contributed by atoms with Gasteiger partial charge in [-0.3, -0.25) is 0 Å². The molecule has 0 aliphatic rings. The Bertz CT molecular complexity index is 804. The highest BCUT2D eigenvalue weighted by molar-refractivity contribution is 5.58. The smallest absolute Gasteiger partial charge is 0.388 e. The standard InChI is InChI=1S/C16H11F15O/c1-11(2,3)10(32)4-5(12(17,18)19)7(14(23,24)25)9(16(29,30)31)8(15(26,27)28)6(4)13(20,21)22/h10,32H,1-3H3. The van der Waals surface area contributed by atoms with Gasteiger partial charge in [-0.1, -0.05) is 20.8 Å². The Morgan fingerprint density at radius 1 is 0.438 bits per heavy atom. The maximum Gasteiger partial charge on any atom is 0.417 e. The van der Waals surface area contributed by atoms with Crippen LogP contribution in [0.15, 0.2) is 0 Å². The van der Waals surface area contributed by atoms with Crippen molar-refractivity contribution in [2.24, 2.45) is 5.41 Å². The van der Waals surface area contributed by atoms with E-state index in [1.54, 1.807) is 0 Å². The lowest BCUT2D eigenvalue weighted by Crippen LogP contribution is -2.35. The first kappa shape index (κ1) is 28.2. The molecule has 0 fully saturated rings. The van der Waals surface area contributed by atoms with E-state index in [1.165, 1.54) is 0 Å². The normalized spacial score (nSPS) is 15.8. The molecule has 32 heavy (non-hydrogen) atoms. The average molecular weight is 504 g/mol. The highest BCUT2D eigenvalue weighted by atomic mass is 19.4. The molecular formula is C16H11F15O. The van der Waals surface area contributed by atoms with Gasteiger partial charge in [-0.05, 0) is 5.41 Å². The topological polar surface area (TPSA) is 20.2 Å². The molecule has 0 aromatic heterocycles. The molecule has 1 rings (SSSR count). The zero-order chi connectivity index (χ0) is 26.0. The summed E-state index contributed by atoms with van der Waals surface area (Å²) in [5.74, 6) is 0. The van der Waals surface area contributed by atoms with Crippen molar-refractivity contribution in [3.8, 4) is 0 Å². The van der Waals surface area contributed by atoms with Crippen molar-refractivity contribution in [3.63, 3.8) is 0 Å². The Balaban J connectivity index is 4.88. The second kappa shape index (κ2) is 7.58. The Morgan fingerprint density at radius 3 is 0.781 bits per heavy atom. The molecule has 0 aliphatic heterocycles. The van der Waals surface area contributed by atoms with Gasteiger partial charge in [0.1, 0.15) is 0 Å². The van der Waals surface area contributed by atoms with Crippen LogP contribution in [0.2, 0.25) is 0 Å². The number of hydrogen-bond donors (Lipinski definition) is 1. The lowest BCUT2D eigenvalue weighted by molar-refractivity contribution is -0.190. The van der Waals surface area contributed by atoms with Crippen molar-refractivity contribution in [3.05, 3.63) is 33.4 Å². The average Bonchev–Trinajstić information content (AvgIpc) is 2.45. The first-order valence-electron chi connectivity index (χ1n) is 7.92. The summed E-state index contributed by atoms with van der Waals surface area (Å²) in [6, 6.07) is 0. The number of halogens is 15. The number of aliphatic hydroxyl groups excluding tert-OH is 1. The Kier molecular flexibility index (Phi) is 6.67. The lowest BCUT2D eigenvalue weighted by atomic mass is 9.76. The van der Waals surface area contributed by atoms with Gasteiger partial charge in [0, 0.05) is 5.56 Å². The van der Waals surface area contributed by atoms with E-state index in [9.17, 15) is 71.0 Å². The minimum atomic E-state index is -6.96. The molecule has 1 N–H and O–H groups in total. The molecule has 0 amide bonds. The fourth-order valence-corrected chi connectivity index (χ4v) is 2.92. The van der Waals surface area contributed by atoms with E-state index in [0.717, 1.165) is 0 Å². The second-order valence-electron chi connectivity index (χ2n) is 7.55. The van der Waals surface area contributed by atoms with Crippen LogP contribution in [0.25, 0.3) is 0 Å². The summed E-state index contributed by atoms with van der Waals surface area (Å²) in [5, 5.41) is 10.0. The summed E-state index contributed by atoms with van der Waals surface area (Å²) in [5.41, 5.74) is -25.0. The summed E-state index contributed by atoms with van der Waals surface area (Å²) >= 11 is 0. The van der Waals surface area contributed by atoms with Gasteiger partial charge >= 0.3 is 30.9 Å². The van der Waals surface area contributed by atoms with E-state index in [1.807, 2.05) is 0 Å². The van der Waals surface area contributed by atoms with Gasteiger partial charge < -0.3 is 5.11 Å². The van der Waals surface area contributed by atoms with Crippen molar-refractivity contribution in [1.82, 2.24) is 0 Å². The Hall–Kier alpha value is -1.87. The number of aliphatic hydroxyl groups is 1. The van der Waals surface area contributed by atoms with E-state index < -0.39 is 75.8 Å². The van der Waals surface area contributed by atoms with E-state index in [-0.39, 0.29) is 0 Å². The molecule has 0 saturated carbocycles. The van der Waals surface area contributed by atoms with Crippen molar-refractivity contribution in [2.75, 3.05) is 0 Å². The molecule has 0 aliphatic carbocycles. The largest absolute Gasteiger partial charge is 0.417 e. The molecule has 1 nitrogen and oxygen atoms in total. The summed E-state index contributed by atoms with van der Waals surface area (Å²) < 4.78 is 201. The zero-order valence-corrected chi connectivity index (χ0v) is 15.7. The highest BCUT2D eigenvalue weighted by Crippen LogP contribution is 2.58. The minimum absolute atomic E-state index is 0.649. The number of hydrogen-bond acceptors (Lipinski definition) is 1. The highest BCUT2D eigenvalue weighted by Gasteiger charge is 2.61. The van der Waals surface area contributed by atoms with Crippen LogP contribution in [0.4, 0.5) is 65.9 Å². The third-order valence-corrected chi connectivity index (χ3v) is 4.05. The van der Waals surface area contributed by atoms with Crippen LogP contribution < -0.4 is 0 Å². The molecule has 1 unspecified atom stereocenters. The molecule has 1 atom stereocenters. The molecule has 0 bridgehead atoms. The fraction of sp³-hybridized carbons (Fsp3) is 0.625. The first-order chi connectivity index (χ1) is 13.6. The molecule has 186 valence electrons. The van der Waals surface area contributed by atoms with Crippen molar-refractivity contribution in [1.29, 1.82) is 0 Å². The minimum Gasteiger partial charge on any atom is -0.388 e. The third-order valence-electron chi connectivity index (χ3n) is 4.05. The van der Waals surface area contributed by atoms with E-state index in [0.29, 0.717) is 20.8 Å². The van der Waals surface area contributed by atoms with E-state index >= 15 is 0 Å². The van der Waals surface area contributed by atoms with Crippen LogP contribution in [0.1, 0.15) is 60.3 Å². The van der Waals surface area contributed by atoms with Crippen LogP contribution in [-0.4, -0.2) is 5.11 Å². The summed E-state index contributed by atoms with van der Waals surface area (Å²) in [6.45, 7) is 1.95. The molecule has 0 heterocycles. The van der Waals surface area contributed by atoms with Gasteiger partial charge in [-0.25, -0.2) is 0 Å². The summed E-state index contributed by atoms with van der Waals surface area (Å²) in [4.78, 5) is 0. The van der Waals surface area contributed by atoms with Gasteiger partial charge in [0.25, 0.3) is 0 Å². The monoisotopic (exact) mass is 504 g/mol. The Labute approximate surface area is 168 Å². The van der Waals surface area contributed by atoms with Gasteiger partial charge in [0.15, 0.2) is 0 Å². The van der Waals surface area contributed by atoms with Crippen LogP contribution in [0.5, 0.6) is 0 Å². The number of alkyl halides is 15. The van der Waals surface area contributed by atoms with Crippen LogP contribution in [0.3, 0.4) is 0 Å². The van der Waals surface area contributed by atoms with Crippen molar-refractivity contribution < 1.29 is 71.0 Å². The fourth-order valence-electron chi connectivity index (χ4n) is 2.92. The predicted octanol–water partition coefficient (Wildman–Crippen LogP) is 7.86. The molecule has 0 saturated heterocycles. The van der Waals surface area contributed by atoms with Crippen LogP contribution in [-0.2, 0) is 30.9 Å². The quantitative estimate of drug-likeness (QED) is 0.386. The van der Waals surface area contributed by atoms with Gasteiger partial charge in [0.2, 0.25) is 0 Å².